The smallest absolute Gasteiger partial charge is 0.283 e. The van der Waals surface area contributed by atoms with Crippen LogP contribution in [0.4, 0.5) is 5.69 Å². The number of fused-ring (bicyclic) bond motifs is 1. The molecule has 9 heteroatoms. The third-order valence-corrected chi connectivity index (χ3v) is 5.93. The topological polar surface area (TPSA) is 90.6 Å². The Morgan fingerprint density at radius 3 is 2.47 bits per heavy atom. The maximum atomic E-state index is 12.6. The molecule has 1 amide bonds. The molecule has 2 aromatic rings. The number of carbonyl (C=O) groups is 1. The summed E-state index contributed by atoms with van der Waals surface area (Å²) in [6.07, 6.45) is 2.20. The number of amides is 1. The lowest BCUT2D eigenvalue weighted by molar-refractivity contribution is -0.114. The number of benzene rings is 2. The quantitative estimate of drug-likeness (QED) is 0.678. The van der Waals surface area contributed by atoms with Gasteiger partial charge in [-0.3, -0.25) is 10.2 Å². The minimum Gasteiger partial charge on any atom is -0.493 e. The highest BCUT2D eigenvalue weighted by Crippen LogP contribution is 2.32. The molecule has 32 heavy (non-hydrogen) atoms. The van der Waals surface area contributed by atoms with Crippen LogP contribution in [0.25, 0.3) is 6.08 Å². The van der Waals surface area contributed by atoms with Gasteiger partial charge in [0.25, 0.3) is 5.91 Å². The summed E-state index contributed by atoms with van der Waals surface area (Å²) in [4.78, 5) is 18.8. The Morgan fingerprint density at radius 1 is 1.09 bits per heavy atom. The monoisotopic (exact) mass is 449 g/mol. The van der Waals surface area contributed by atoms with Crippen LogP contribution in [0.5, 0.6) is 11.5 Å². The van der Waals surface area contributed by atoms with Crippen LogP contribution in [0.3, 0.4) is 0 Å². The van der Waals surface area contributed by atoms with E-state index in [0.29, 0.717) is 23.1 Å². The van der Waals surface area contributed by atoms with Gasteiger partial charge in [-0.2, -0.15) is 15.1 Å². The first-order valence-electron chi connectivity index (χ1n) is 9.87. The largest absolute Gasteiger partial charge is 0.493 e. The van der Waals surface area contributed by atoms with Crippen molar-refractivity contribution >= 4 is 45.5 Å². The average molecular weight is 450 g/mol. The Kier molecular flexibility index (Phi) is 6.00. The molecule has 0 saturated carbocycles. The molecule has 2 aliphatic heterocycles. The Hall–Kier alpha value is -3.59. The molecular formula is C23H23N5O3S. The summed E-state index contributed by atoms with van der Waals surface area (Å²) >= 11 is 1.29. The first-order chi connectivity index (χ1) is 15.4. The second-order valence-electron chi connectivity index (χ2n) is 7.37. The second-order valence-corrected chi connectivity index (χ2v) is 8.41. The fourth-order valence-electron chi connectivity index (χ4n) is 3.30. The van der Waals surface area contributed by atoms with Gasteiger partial charge >= 0.3 is 0 Å². The van der Waals surface area contributed by atoms with Crippen molar-refractivity contribution in [2.75, 3.05) is 33.2 Å². The highest BCUT2D eigenvalue weighted by atomic mass is 32.2. The van der Waals surface area contributed by atoms with Crippen LogP contribution < -0.4 is 14.4 Å². The number of ether oxygens (including phenoxy) is 2. The van der Waals surface area contributed by atoms with Crippen LogP contribution in [0.15, 0.2) is 58.1 Å². The van der Waals surface area contributed by atoms with Gasteiger partial charge < -0.3 is 14.4 Å². The molecular weight excluding hydrogens is 426 g/mol. The van der Waals surface area contributed by atoms with Crippen LogP contribution in [-0.2, 0) is 11.2 Å². The molecule has 2 aromatic carbocycles. The van der Waals surface area contributed by atoms with Gasteiger partial charge in [0.05, 0.1) is 19.8 Å². The van der Waals surface area contributed by atoms with E-state index in [2.05, 4.69) is 10.1 Å². The lowest BCUT2D eigenvalue weighted by Crippen LogP contribution is -2.35. The molecule has 0 saturated heterocycles. The number of nitrogens with one attached hydrogen (secondary N) is 1. The number of carbonyl (C=O) groups excluding carboxylic acids is 1. The second kappa shape index (κ2) is 8.88. The van der Waals surface area contributed by atoms with Gasteiger partial charge in [-0.25, -0.2) is 0 Å². The summed E-state index contributed by atoms with van der Waals surface area (Å²) < 4.78 is 10.6. The molecule has 2 aliphatic rings. The summed E-state index contributed by atoms with van der Waals surface area (Å²) in [6.45, 7) is 0. The number of rotatable bonds is 6. The highest BCUT2D eigenvalue weighted by Gasteiger charge is 2.35. The zero-order valence-corrected chi connectivity index (χ0v) is 19.1. The maximum absolute atomic E-state index is 12.6. The van der Waals surface area contributed by atoms with Crippen LogP contribution >= 0.6 is 11.8 Å². The molecule has 4 rings (SSSR count). The third-order valence-electron chi connectivity index (χ3n) is 5.02. The highest BCUT2D eigenvalue weighted by molar-refractivity contribution is 8.26. The first-order valence-corrected chi connectivity index (χ1v) is 10.7. The number of nitrogens with zero attached hydrogens (tertiary/aromatic N) is 4. The Morgan fingerprint density at radius 2 is 1.81 bits per heavy atom. The predicted octanol–water partition coefficient (Wildman–Crippen LogP) is 3.63. The SMILES string of the molecule is COc1ccc(CC2=NN3C(=N)/C(=C\c4ccc(N(C)C)cc4)C(=O)N=C3S2)cc1OC. The number of hydrazone groups is 1. The number of aliphatic imine (C=N–C) groups is 1. The lowest BCUT2D eigenvalue weighted by Gasteiger charge is -2.20. The minimum absolute atomic E-state index is 0.0199. The molecule has 2 heterocycles. The zero-order valence-electron chi connectivity index (χ0n) is 18.2. The lowest BCUT2D eigenvalue weighted by atomic mass is 10.1. The van der Waals surface area contributed by atoms with Crippen LogP contribution in [-0.4, -0.2) is 55.3 Å². The predicted molar refractivity (Wildman–Crippen MR) is 129 cm³/mol. The molecule has 0 atom stereocenters. The average Bonchev–Trinajstić information content (AvgIpc) is 3.19. The molecule has 1 N–H and O–H groups in total. The summed E-state index contributed by atoms with van der Waals surface area (Å²) in [5.41, 5.74) is 3.06. The van der Waals surface area contributed by atoms with Crippen molar-refractivity contribution < 1.29 is 14.3 Å². The normalized spacial score (nSPS) is 16.6. The molecule has 8 nitrogen and oxygen atoms in total. The van der Waals surface area contributed by atoms with Crippen molar-refractivity contribution in [1.82, 2.24) is 5.01 Å². The third kappa shape index (κ3) is 4.24. The fraction of sp³-hybridized carbons (Fsp3) is 0.217. The number of amidine groups is 2. The number of anilines is 1. The van der Waals surface area contributed by atoms with Gasteiger partial charge in [0, 0.05) is 26.2 Å². The number of hydrogen-bond donors (Lipinski definition) is 1. The van der Waals surface area contributed by atoms with E-state index < -0.39 is 5.91 Å². The molecule has 0 unspecified atom stereocenters. The van der Waals surface area contributed by atoms with Gasteiger partial charge in [0.1, 0.15) is 5.04 Å². The molecule has 0 fully saturated rings. The summed E-state index contributed by atoms with van der Waals surface area (Å²) in [5.74, 6) is 0.872. The van der Waals surface area contributed by atoms with Gasteiger partial charge in [-0.05, 0) is 53.2 Å². The molecule has 0 aromatic heterocycles. The number of methoxy groups -OCH3 is 2. The van der Waals surface area contributed by atoms with E-state index in [9.17, 15) is 4.79 Å². The van der Waals surface area contributed by atoms with Gasteiger partial charge in [0.2, 0.25) is 5.17 Å². The Labute approximate surface area is 190 Å². The van der Waals surface area contributed by atoms with E-state index in [1.807, 2.05) is 61.5 Å². The van der Waals surface area contributed by atoms with Gasteiger partial charge in [-0.15, -0.1) is 0 Å². The molecule has 164 valence electrons. The zero-order chi connectivity index (χ0) is 22.8. The maximum Gasteiger partial charge on any atom is 0.283 e. The molecule has 0 bridgehead atoms. The summed E-state index contributed by atoms with van der Waals surface area (Å²) in [7, 11) is 7.11. The minimum atomic E-state index is -0.437. The molecule has 0 radical (unpaired) electrons. The van der Waals surface area contributed by atoms with Gasteiger partial charge in [0.15, 0.2) is 17.3 Å². The van der Waals surface area contributed by atoms with E-state index in [0.717, 1.165) is 21.9 Å². The van der Waals surface area contributed by atoms with Crippen molar-refractivity contribution in [2.24, 2.45) is 10.1 Å². The standard InChI is InChI=1S/C23H23N5O3S/c1-27(2)16-8-5-14(6-9-16)11-17-21(24)28-23(25-22(17)29)32-20(26-28)13-15-7-10-18(30-3)19(12-15)31-4/h5-12,24H,13H2,1-4H3/b17-11+,24-21?. The molecule has 0 spiro atoms. The van der Waals surface area contributed by atoms with Crippen LogP contribution in [0.1, 0.15) is 11.1 Å². The van der Waals surface area contributed by atoms with E-state index in [-0.39, 0.29) is 11.4 Å². The Bertz CT molecular complexity index is 1170. The van der Waals surface area contributed by atoms with Crippen LogP contribution in [0.2, 0.25) is 0 Å². The number of thioether (sulfide) groups is 1. The number of hydrogen-bond acceptors (Lipinski definition) is 7. The molecule has 0 aliphatic carbocycles. The van der Waals surface area contributed by atoms with E-state index in [1.54, 1.807) is 20.3 Å². The van der Waals surface area contributed by atoms with E-state index in [1.165, 1.54) is 16.8 Å². The van der Waals surface area contributed by atoms with Crippen LogP contribution in [0, 0.1) is 5.41 Å². The van der Waals surface area contributed by atoms with Crippen molar-refractivity contribution in [3.63, 3.8) is 0 Å². The first kappa shape index (κ1) is 21.6. The fourth-order valence-corrected chi connectivity index (χ4v) is 4.22. The summed E-state index contributed by atoms with van der Waals surface area (Å²) in [5, 5.41) is 15.6. The Balaban J connectivity index is 1.55. The van der Waals surface area contributed by atoms with Crippen molar-refractivity contribution in [3.05, 3.63) is 59.2 Å². The van der Waals surface area contributed by atoms with E-state index >= 15 is 0 Å². The summed E-state index contributed by atoms with van der Waals surface area (Å²) in [6, 6.07) is 13.4. The van der Waals surface area contributed by atoms with Crippen molar-refractivity contribution in [2.45, 2.75) is 6.42 Å². The van der Waals surface area contributed by atoms with Crippen molar-refractivity contribution in [3.8, 4) is 11.5 Å². The van der Waals surface area contributed by atoms with Gasteiger partial charge in [-0.1, -0.05) is 18.2 Å². The van der Waals surface area contributed by atoms with Crippen molar-refractivity contribution in [1.29, 1.82) is 5.41 Å². The van der Waals surface area contributed by atoms with E-state index in [4.69, 9.17) is 14.9 Å².